The number of nitrogens with zero attached hydrogens (tertiary/aromatic N) is 1. The molecule has 1 amide bonds. The van der Waals surface area contributed by atoms with Crippen LogP contribution < -0.4 is 5.32 Å². The molecule has 8 heteroatoms. The number of rotatable bonds is 5. The zero-order valence-electron chi connectivity index (χ0n) is 13.1. The van der Waals surface area contributed by atoms with E-state index in [-0.39, 0.29) is 11.4 Å². The summed E-state index contributed by atoms with van der Waals surface area (Å²) in [6.07, 6.45) is 0. The van der Waals surface area contributed by atoms with Crippen molar-refractivity contribution in [3.8, 4) is 9.88 Å². The normalized spacial score (nSPS) is 10.5. The number of aryl methyl sites for hydroxylation is 1. The summed E-state index contributed by atoms with van der Waals surface area (Å²) in [5, 5.41) is 6.58. The average Bonchev–Trinajstić information content (AvgIpc) is 3.26. The predicted molar refractivity (Wildman–Crippen MR) is 95.5 cm³/mol. The van der Waals surface area contributed by atoms with Gasteiger partial charge in [-0.15, -0.1) is 22.7 Å². The summed E-state index contributed by atoms with van der Waals surface area (Å²) < 4.78 is 18.6. The van der Waals surface area contributed by atoms with Crippen LogP contribution in [0.1, 0.15) is 16.1 Å². The smallest absolute Gasteiger partial charge is 0.358 e. The van der Waals surface area contributed by atoms with Gasteiger partial charge < -0.3 is 10.1 Å². The van der Waals surface area contributed by atoms with Crippen LogP contribution in [0.4, 0.5) is 10.1 Å². The maximum atomic E-state index is 13.7. The second kappa shape index (κ2) is 7.54. The lowest BCUT2D eigenvalue weighted by molar-refractivity contribution is -0.119. The molecule has 3 rings (SSSR count). The van der Waals surface area contributed by atoms with Gasteiger partial charge in [0, 0.05) is 5.38 Å². The number of ether oxygens (including phenoxy) is 1. The van der Waals surface area contributed by atoms with Gasteiger partial charge in [0.05, 0.1) is 10.6 Å². The number of hydrogen-bond acceptors (Lipinski definition) is 6. The Morgan fingerprint density at radius 1 is 1.28 bits per heavy atom. The first-order valence-electron chi connectivity index (χ1n) is 7.25. The number of carbonyl (C=O) groups is 2. The molecular weight excluding hydrogens is 363 g/mol. The van der Waals surface area contributed by atoms with E-state index in [1.165, 1.54) is 34.8 Å². The highest BCUT2D eigenvalue weighted by molar-refractivity contribution is 7.20. The summed E-state index contributed by atoms with van der Waals surface area (Å²) >= 11 is 2.84. The lowest BCUT2D eigenvalue weighted by atomic mass is 10.2. The van der Waals surface area contributed by atoms with Gasteiger partial charge in [-0.2, -0.15) is 0 Å². The van der Waals surface area contributed by atoms with Crippen molar-refractivity contribution in [3.63, 3.8) is 0 Å². The molecule has 3 aromatic rings. The minimum absolute atomic E-state index is 0.0419. The van der Waals surface area contributed by atoms with Gasteiger partial charge in [-0.25, -0.2) is 14.2 Å². The highest BCUT2D eigenvalue weighted by Crippen LogP contribution is 2.27. The Hall–Kier alpha value is -2.58. The van der Waals surface area contributed by atoms with Crippen molar-refractivity contribution in [1.82, 2.24) is 4.98 Å². The monoisotopic (exact) mass is 376 g/mol. The molecule has 0 saturated heterocycles. The Morgan fingerprint density at radius 2 is 2.12 bits per heavy atom. The first kappa shape index (κ1) is 17.2. The van der Waals surface area contributed by atoms with Gasteiger partial charge in [-0.1, -0.05) is 12.1 Å². The topological polar surface area (TPSA) is 68.3 Å². The molecule has 128 valence electrons. The molecule has 0 bridgehead atoms. The summed E-state index contributed by atoms with van der Waals surface area (Å²) in [5.74, 6) is -1.86. The van der Waals surface area contributed by atoms with Crippen molar-refractivity contribution in [2.24, 2.45) is 0 Å². The standard InChI is InChI=1S/C17H13FN2O3S2/c1-10-4-5-12(11(18)7-10)19-15(21)8-23-17(22)13-9-25-16(20-13)14-3-2-6-24-14/h2-7,9H,8H2,1H3,(H,19,21). The molecule has 0 aliphatic heterocycles. The van der Waals surface area contributed by atoms with Gasteiger partial charge in [-0.3, -0.25) is 4.79 Å². The number of aromatic nitrogens is 1. The number of thiophene rings is 1. The maximum Gasteiger partial charge on any atom is 0.358 e. The van der Waals surface area contributed by atoms with E-state index >= 15 is 0 Å². The molecule has 0 atom stereocenters. The van der Waals surface area contributed by atoms with E-state index < -0.39 is 24.3 Å². The van der Waals surface area contributed by atoms with E-state index in [0.29, 0.717) is 5.01 Å². The number of hydrogen-bond donors (Lipinski definition) is 1. The van der Waals surface area contributed by atoms with Crippen LogP contribution in [0.15, 0.2) is 41.1 Å². The minimum Gasteiger partial charge on any atom is -0.451 e. The number of carbonyl (C=O) groups excluding carboxylic acids is 2. The molecule has 5 nitrogen and oxygen atoms in total. The van der Waals surface area contributed by atoms with E-state index in [1.807, 2.05) is 17.5 Å². The van der Waals surface area contributed by atoms with Crippen LogP contribution >= 0.6 is 22.7 Å². The van der Waals surface area contributed by atoms with Gasteiger partial charge in [0.15, 0.2) is 12.3 Å². The molecule has 2 aromatic heterocycles. The van der Waals surface area contributed by atoms with E-state index in [0.717, 1.165) is 10.4 Å². The molecule has 2 heterocycles. The van der Waals surface area contributed by atoms with Crippen molar-refractivity contribution < 1.29 is 18.7 Å². The van der Waals surface area contributed by atoms with E-state index in [1.54, 1.807) is 18.4 Å². The number of amides is 1. The van der Waals surface area contributed by atoms with Crippen molar-refractivity contribution >= 4 is 40.2 Å². The lowest BCUT2D eigenvalue weighted by Gasteiger charge is -2.07. The Morgan fingerprint density at radius 3 is 2.84 bits per heavy atom. The third-order valence-electron chi connectivity index (χ3n) is 3.18. The second-order valence-electron chi connectivity index (χ2n) is 5.12. The Bertz CT molecular complexity index is 907. The summed E-state index contributed by atoms with van der Waals surface area (Å²) in [7, 11) is 0. The molecule has 0 saturated carbocycles. The number of nitrogens with one attached hydrogen (secondary N) is 1. The molecule has 0 fully saturated rings. The predicted octanol–water partition coefficient (Wildman–Crippen LogP) is 4.11. The lowest BCUT2D eigenvalue weighted by Crippen LogP contribution is -2.21. The molecule has 0 aliphatic rings. The van der Waals surface area contributed by atoms with Crippen LogP contribution in [0, 0.1) is 12.7 Å². The van der Waals surface area contributed by atoms with Crippen molar-refractivity contribution in [1.29, 1.82) is 0 Å². The average molecular weight is 376 g/mol. The first-order chi connectivity index (χ1) is 12.0. The first-order valence-corrected chi connectivity index (χ1v) is 9.01. The molecule has 1 aromatic carbocycles. The highest BCUT2D eigenvalue weighted by Gasteiger charge is 2.16. The fourth-order valence-electron chi connectivity index (χ4n) is 1.99. The third kappa shape index (κ3) is 4.28. The number of thiazole rings is 1. The van der Waals surface area contributed by atoms with Gasteiger partial charge in [-0.05, 0) is 36.1 Å². The summed E-state index contributed by atoms with van der Waals surface area (Å²) in [6, 6.07) is 8.24. The summed E-state index contributed by atoms with van der Waals surface area (Å²) in [4.78, 5) is 28.9. The number of anilines is 1. The van der Waals surface area contributed by atoms with Crippen LogP contribution in [-0.2, 0) is 9.53 Å². The summed E-state index contributed by atoms with van der Waals surface area (Å²) in [5.41, 5.74) is 0.926. The molecule has 0 radical (unpaired) electrons. The van der Waals surface area contributed by atoms with Crippen molar-refractivity contribution in [3.05, 3.63) is 58.2 Å². The largest absolute Gasteiger partial charge is 0.451 e. The zero-order valence-corrected chi connectivity index (χ0v) is 14.7. The molecule has 0 spiro atoms. The van der Waals surface area contributed by atoms with E-state index in [9.17, 15) is 14.0 Å². The van der Waals surface area contributed by atoms with Crippen molar-refractivity contribution in [2.45, 2.75) is 6.92 Å². The quantitative estimate of drug-likeness (QED) is 0.680. The van der Waals surface area contributed by atoms with Crippen LogP contribution in [0.2, 0.25) is 0 Å². The SMILES string of the molecule is Cc1ccc(NC(=O)COC(=O)c2csc(-c3cccs3)n2)c(F)c1. The fraction of sp³-hybridized carbons (Fsp3) is 0.118. The van der Waals surface area contributed by atoms with Crippen LogP contribution in [-0.4, -0.2) is 23.5 Å². The Balaban J connectivity index is 1.56. The van der Waals surface area contributed by atoms with Crippen LogP contribution in [0.3, 0.4) is 0 Å². The second-order valence-corrected chi connectivity index (χ2v) is 6.93. The van der Waals surface area contributed by atoms with E-state index in [4.69, 9.17) is 4.74 Å². The molecule has 0 aliphatic carbocycles. The van der Waals surface area contributed by atoms with Crippen LogP contribution in [0.5, 0.6) is 0 Å². The summed E-state index contributed by atoms with van der Waals surface area (Å²) in [6.45, 7) is 1.23. The van der Waals surface area contributed by atoms with Gasteiger partial charge >= 0.3 is 5.97 Å². The van der Waals surface area contributed by atoms with Gasteiger partial charge in [0.1, 0.15) is 10.8 Å². The van der Waals surface area contributed by atoms with Gasteiger partial charge in [0.25, 0.3) is 5.91 Å². The maximum absolute atomic E-state index is 13.7. The van der Waals surface area contributed by atoms with Gasteiger partial charge in [0.2, 0.25) is 0 Å². The molecule has 1 N–H and O–H groups in total. The number of halogens is 1. The van der Waals surface area contributed by atoms with Crippen molar-refractivity contribution in [2.75, 3.05) is 11.9 Å². The van der Waals surface area contributed by atoms with E-state index in [2.05, 4.69) is 10.3 Å². The Labute approximate surface area is 151 Å². The third-order valence-corrected chi connectivity index (χ3v) is 5.06. The molecular formula is C17H13FN2O3S2. The number of benzene rings is 1. The highest BCUT2D eigenvalue weighted by atomic mass is 32.1. The molecule has 0 unspecified atom stereocenters. The number of esters is 1. The molecule has 25 heavy (non-hydrogen) atoms. The van der Waals surface area contributed by atoms with Crippen LogP contribution in [0.25, 0.3) is 9.88 Å². The zero-order chi connectivity index (χ0) is 17.8. The fourth-order valence-corrected chi connectivity index (χ4v) is 3.60. The Kier molecular flexibility index (Phi) is 5.20. The minimum atomic E-state index is -0.696.